The van der Waals surface area contributed by atoms with Gasteiger partial charge in [0.25, 0.3) is 0 Å². The maximum atomic E-state index is 13.0. The van der Waals surface area contributed by atoms with Gasteiger partial charge in [0.2, 0.25) is 0 Å². The molecule has 0 radical (unpaired) electrons. The van der Waals surface area contributed by atoms with Crippen LogP contribution in [0.1, 0.15) is 19.4 Å². The van der Waals surface area contributed by atoms with E-state index in [1.165, 1.54) is 12.1 Å². The van der Waals surface area contributed by atoms with Crippen molar-refractivity contribution in [3.8, 4) is 0 Å². The van der Waals surface area contributed by atoms with Gasteiger partial charge in [0, 0.05) is 23.7 Å². The molecule has 0 saturated heterocycles. The van der Waals surface area contributed by atoms with Gasteiger partial charge in [-0.1, -0.05) is 13.8 Å². The lowest BCUT2D eigenvalue weighted by Crippen LogP contribution is -2.25. The molecule has 0 unspecified atom stereocenters. The predicted molar refractivity (Wildman–Crippen MR) is 74.8 cm³/mol. The standard InChI is InChI=1S/C13H21FN2S/c1-3-16(4-2)7-8-17-10-11-9-12(14)5-6-13(11)15/h5-6,9H,3-4,7-8,10,15H2,1-2H3. The Morgan fingerprint density at radius 1 is 1.29 bits per heavy atom. The van der Waals surface area contributed by atoms with Crippen molar-refractivity contribution in [3.05, 3.63) is 29.6 Å². The van der Waals surface area contributed by atoms with Gasteiger partial charge in [-0.25, -0.2) is 4.39 Å². The minimum Gasteiger partial charge on any atom is -0.398 e. The number of rotatable bonds is 7. The van der Waals surface area contributed by atoms with E-state index in [4.69, 9.17) is 5.73 Å². The van der Waals surface area contributed by atoms with Gasteiger partial charge in [0.1, 0.15) is 5.82 Å². The summed E-state index contributed by atoms with van der Waals surface area (Å²) in [5, 5.41) is 0. The van der Waals surface area contributed by atoms with E-state index in [-0.39, 0.29) is 5.82 Å². The summed E-state index contributed by atoms with van der Waals surface area (Å²) in [6, 6.07) is 4.56. The van der Waals surface area contributed by atoms with Crippen LogP contribution in [-0.4, -0.2) is 30.3 Å². The van der Waals surface area contributed by atoms with Crippen LogP contribution in [-0.2, 0) is 5.75 Å². The Morgan fingerprint density at radius 2 is 2.00 bits per heavy atom. The van der Waals surface area contributed by atoms with Crippen molar-refractivity contribution in [2.75, 3.05) is 31.1 Å². The zero-order chi connectivity index (χ0) is 12.7. The first-order chi connectivity index (χ1) is 8.17. The largest absolute Gasteiger partial charge is 0.398 e. The fourth-order valence-corrected chi connectivity index (χ4v) is 2.62. The second kappa shape index (κ2) is 7.56. The number of hydrogen-bond acceptors (Lipinski definition) is 3. The quantitative estimate of drug-likeness (QED) is 0.601. The van der Waals surface area contributed by atoms with E-state index in [2.05, 4.69) is 18.7 Å². The van der Waals surface area contributed by atoms with E-state index in [9.17, 15) is 4.39 Å². The van der Waals surface area contributed by atoms with Gasteiger partial charge in [-0.05, 0) is 36.9 Å². The van der Waals surface area contributed by atoms with Gasteiger partial charge >= 0.3 is 0 Å². The number of benzene rings is 1. The summed E-state index contributed by atoms with van der Waals surface area (Å²) in [5.41, 5.74) is 7.37. The first-order valence-electron chi connectivity index (χ1n) is 6.01. The molecule has 1 aromatic rings. The molecule has 96 valence electrons. The molecule has 0 atom stereocenters. The van der Waals surface area contributed by atoms with E-state index in [0.717, 1.165) is 36.7 Å². The zero-order valence-electron chi connectivity index (χ0n) is 10.6. The molecule has 0 amide bonds. The van der Waals surface area contributed by atoms with E-state index >= 15 is 0 Å². The molecule has 0 aliphatic heterocycles. The SMILES string of the molecule is CCN(CC)CCSCc1cc(F)ccc1N. The molecule has 2 nitrogen and oxygen atoms in total. The predicted octanol–water partition coefficient (Wildman–Crippen LogP) is 2.98. The molecule has 17 heavy (non-hydrogen) atoms. The molecule has 2 N–H and O–H groups in total. The van der Waals surface area contributed by atoms with Crippen molar-refractivity contribution in [2.24, 2.45) is 0 Å². The molecule has 0 saturated carbocycles. The lowest BCUT2D eigenvalue weighted by Gasteiger charge is -2.17. The third-order valence-corrected chi connectivity index (χ3v) is 3.80. The molecule has 0 aliphatic rings. The highest BCUT2D eigenvalue weighted by molar-refractivity contribution is 7.98. The van der Waals surface area contributed by atoms with Crippen LogP contribution in [0.15, 0.2) is 18.2 Å². The Hall–Kier alpha value is -0.740. The van der Waals surface area contributed by atoms with Crippen LogP contribution in [0.2, 0.25) is 0 Å². The van der Waals surface area contributed by atoms with Crippen LogP contribution in [0.3, 0.4) is 0 Å². The van der Waals surface area contributed by atoms with E-state index < -0.39 is 0 Å². The molecule has 1 aromatic carbocycles. The molecular formula is C13H21FN2S. The lowest BCUT2D eigenvalue weighted by atomic mass is 10.2. The minimum absolute atomic E-state index is 0.210. The summed E-state index contributed by atoms with van der Waals surface area (Å²) in [6.07, 6.45) is 0. The van der Waals surface area contributed by atoms with Crippen LogP contribution in [0, 0.1) is 5.82 Å². The van der Waals surface area contributed by atoms with Crippen molar-refractivity contribution in [3.63, 3.8) is 0 Å². The van der Waals surface area contributed by atoms with Crippen LogP contribution in [0.25, 0.3) is 0 Å². The van der Waals surface area contributed by atoms with E-state index in [1.807, 2.05) is 0 Å². The minimum atomic E-state index is -0.210. The number of nitrogens with zero attached hydrogens (tertiary/aromatic N) is 1. The van der Waals surface area contributed by atoms with Crippen molar-refractivity contribution in [1.29, 1.82) is 0 Å². The number of hydrogen-bond donors (Lipinski definition) is 1. The van der Waals surface area contributed by atoms with Gasteiger partial charge in [0.15, 0.2) is 0 Å². The Kier molecular flexibility index (Phi) is 6.37. The summed E-state index contributed by atoms with van der Waals surface area (Å²) in [5.74, 6) is 1.63. The maximum Gasteiger partial charge on any atom is 0.123 e. The molecule has 0 fully saturated rings. The molecule has 0 bridgehead atoms. The van der Waals surface area contributed by atoms with Crippen molar-refractivity contribution < 1.29 is 4.39 Å². The summed E-state index contributed by atoms with van der Waals surface area (Å²) in [4.78, 5) is 2.38. The molecule has 0 aromatic heterocycles. The average molecular weight is 256 g/mol. The van der Waals surface area contributed by atoms with Crippen LogP contribution >= 0.6 is 11.8 Å². The van der Waals surface area contributed by atoms with Gasteiger partial charge in [0.05, 0.1) is 0 Å². The molecule has 0 spiro atoms. The average Bonchev–Trinajstić information content (AvgIpc) is 2.33. The van der Waals surface area contributed by atoms with Crippen LogP contribution in [0.5, 0.6) is 0 Å². The first-order valence-corrected chi connectivity index (χ1v) is 7.16. The second-order valence-electron chi connectivity index (χ2n) is 3.92. The molecule has 4 heteroatoms. The summed E-state index contributed by atoms with van der Waals surface area (Å²) in [6.45, 7) is 7.57. The third kappa shape index (κ3) is 4.96. The highest BCUT2D eigenvalue weighted by Crippen LogP contribution is 2.19. The second-order valence-corrected chi connectivity index (χ2v) is 5.03. The molecule has 1 rings (SSSR count). The summed E-state index contributed by atoms with van der Waals surface area (Å²) < 4.78 is 13.0. The van der Waals surface area contributed by atoms with E-state index in [1.54, 1.807) is 17.8 Å². The number of halogens is 1. The normalized spacial score (nSPS) is 11.1. The van der Waals surface area contributed by atoms with Crippen molar-refractivity contribution in [2.45, 2.75) is 19.6 Å². The monoisotopic (exact) mass is 256 g/mol. The van der Waals surface area contributed by atoms with Crippen LogP contribution < -0.4 is 5.73 Å². The molecule has 0 heterocycles. The molecule has 0 aliphatic carbocycles. The summed E-state index contributed by atoms with van der Waals surface area (Å²) >= 11 is 1.80. The van der Waals surface area contributed by atoms with Gasteiger partial charge in [-0.3, -0.25) is 0 Å². The Bertz CT molecular complexity index is 340. The fourth-order valence-electron chi connectivity index (χ4n) is 1.61. The highest BCUT2D eigenvalue weighted by atomic mass is 32.2. The Morgan fingerprint density at radius 3 is 2.65 bits per heavy atom. The third-order valence-electron chi connectivity index (χ3n) is 2.81. The van der Waals surface area contributed by atoms with Gasteiger partial charge in [-0.15, -0.1) is 0 Å². The van der Waals surface area contributed by atoms with Gasteiger partial charge in [-0.2, -0.15) is 11.8 Å². The number of nitrogen functional groups attached to an aromatic ring is 1. The van der Waals surface area contributed by atoms with Crippen molar-refractivity contribution >= 4 is 17.4 Å². The number of anilines is 1. The Labute approximate surface area is 107 Å². The van der Waals surface area contributed by atoms with E-state index in [0.29, 0.717) is 5.69 Å². The Balaban J connectivity index is 2.33. The highest BCUT2D eigenvalue weighted by Gasteiger charge is 2.03. The smallest absolute Gasteiger partial charge is 0.123 e. The molecular weight excluding hydrogens is 235 g/mol. The topological polar surface area (TPSA) is 29.3 Å². The van der Waals surface area contributed by atoms with Crippen LogP contribution in [0.4, 0.5) is 10.1 Å². The fraction of sp³-hybridized carbons (Fsp3) is 0.538. The number of thioether (sulfide) groups is 1. The first kappa shape index (κ1) is 14.3. The van der Waals surface area contributed by atoms with Crippen molar-refractivity contribution in [1.82, 2.24) is 4.90 Å². The lowest BCUT2D eigenvalue weighted by molar-refractivity contribution is 0.324. The maximum absolute atomic E-state index is 13.0. The summed E-state index contributed by atoms with van der Waals surface area (Å²) in [7, 11) is 0. The number of nitrogens with two attached hydrogens (primary N) is 1. The zero-order valence-corrected chi connectivity index (χ0v) is 11.4. The van der Waals surface area contributed by atoms with Gasteiger partial charge < -0.3 is 10.6 Å².